The van der Waals surface area contributed by atoms with Crippen molar-refractivity contribution in [1.82, 2.24) is 9.21 Å². The Labute approximate surface area is 175 Å². The Morgan fingerprint density at radius 2 is 1.47 bits per heavy atom. The van der Waals surface area contributed by atoms with E-state index in [4.69, 9.17) is 0 Å². The van der Waals surface area contributed by atoms with Crippen LogP contribution in [0.1, 0.15) is 35.7 Å². The molecule has 8 heteroatoms. The van der Waals surface area contributed by atoms with Crippen LogP contribution in [0.5, 0.6) is 0 Å². The number of sulfonamides is 1. The van der Waals surface area contributed by atoms with Crippen molar-refractivity contribution in [2.24, 2.45) is 0 Å². The lowest BCUT2D eigenvalue weighted by molar-refractivity contribution is -0.135. The second-order valence-corrected chi connectivity index (χ2v) is 9.80. The topological polar surface area (TPSA) is 74.8 Å². The minimum Gasteiger partial charge on any atom is -0.339 e. The zero-order chi connectivity index (χ0) is 21.5. The van der Waals surface area contributed by atoms with Gasteiger partial charge in [0.15, 0.2) is 5.78 Å². The first-order chi connectivity index (χ1) is 14.2. The zero-order valence-electron chi connectivity index (χ0n) is 16.7. The fourth-order valence-corrected chi connectivity index (χ4v) is 5.39. The fourth-order valence-electron chi connectivity index (χ4n) is 3.96. The molecule has 2 aliphatic rings. The number of rotatable bonds is 5. The van der Waals surface area contributed by atoms with Gasteiger partial charge in [-0.2, -0.15) is 4.31 Å². The number of ketones is 1. The molecule has 2 aromatic carbocycles. The fraction of sp³-hybridized carbons (Fsp3) is 0.364. The number of carbonyl (C=O) groups excluding carboxylic acids is 2. The summed E-state index contributed by atoms with van der Waals surface area (Å²) in [7, 11) is -3.69. The van der Waals surface area contributed by atoms with Crippen LogP contribution >= 0.6 is 0 Å². The Hall–Kier alpha value is -2.58. The smallest absolute Gasteiger partial charge is 0.243 e. The molecule has 2 fully saturated rings. The highest BCUT2D eigenvalue weighted by Gasteiger charge is 2.53. The first-order valence-electron chi connectivity index (χ1n) is 9.91. The number of Topliss-reactive ketones (excluding diaryl/α,β-unsaturated/α-hetero) is 1. The monoisotopic (exact) mass is 430 g/mol. The summed E-state index contributed by atoms with van der Waals surface area (Å²) in [5.74, 6) is -0.477. The maximum atomic E-state index is 13.2. The minimum atomic E-state index is -3.69. The Bertz CT molecular complexity index is 1070. The molecule has 1 saturated heterocycles. The molecular formula is C22H23FN2O4S. The molecule has 1 aliphatic heterocycles. The van der Waals surface area contributed by atoms with Gasteiger partial charge in [0.2, 0.25) is 15.9 Å². The molecule has 158 valence electrons. The third-order valence-corrected chi connectivity index (χ3v) is 7.89. The first kappa shape index (κ1) is 20.7. The van der Waals surface area contributed by atoms with Crippen LogP contribution in [0.15, 0.2) is 53.4 Å². The van der Waals surface area contributed by atoms with E-state index in [1.165, 1.54) is 47.6 Å². The number of halogens is 1. The van der Waals surface area contributed by atoms with Crippen LogP contribution in [-0.2, 0) is 20.2 Å². The second kappa shape index (κ2) is 7.59. The largest absolute Gasteiger partial charge is 0.339 e. The van der Waals surface area contributed by atoms with Gasteiger partial charge in [-0.05, 0) is 49.6 Å². The van der Waals surface area contributed by atoms with Crippen LogP contribution in [0, 0.1) is 5.82 Å². The highest BCUT2D eigenvalue weighted by molar-refractivity contribution is 7.89. The SMILES string of the molecule is CC(=O)c1ccc(S(=O)(=O)N2CCN(C(=O)C3(c4ccc(F)cc4)CC3)CC2)cc1. The van der Waals surface area contributed by atoms with E-state index in [2.05, 4.69) is 0 Å². The Morgan fingerprint density at radius 3 is 1.97 bits per heavy atom. The van der Waals surface area contributed by atoms with Crippen molar-refractivity contribution in [3.05, 3.63) is 65.5 Å². The van der Waals surface area contributed by atoms with Crippen molar-refractivity contribution >= 4 is 21.7 Å². The first-order valence-corrected chi connectivity index (χ1v) is 11.3. The summed E-state index contributed by atoms with van der Waals surface area (Å²) in [6, 6.07) is 11.9. The van der Waals surface area contributed by atoms with Crippen LogP contribution in [0.4, 0.5) is 4.39 Å². The van der Waals surface area contributed by atoms with Gasteiger partial charge in [-0.3, -0.25) is 9.59 Å². The van der Waals surface area contributed by atoms with Gasteiger partial charge in [-0.15, -0.1) is 0 Å². The number of hydrogen-bond donors (Lipinski definition) is 0. The lowest BCUT2D eigenvalue weighted by Crippen LogP contribution is -2.52. The van der Waals surface area contributed by atoms with Gasteiger partial charge in [0, 0.05) is 31.7 Å². The van der Waals surface area contributed by atoms with Gasteiger partial charge in [0.25, 0.3) is 0 Å². The lowest BCUT2D eigenvalue weighted by atomic mass is 9.94. The average molecular weight is 431 g/mol. The molecule has 0 radical (unpaired) electrons. The predicted octanol–water partition coefficient (Wildman–Crippen LogP) is 2.59. The summed E-state index contributed by atoms with van der Waals surface area (Å²) >= 11 is 0. The standard InChI is InChI=1S/C22H23FN2O4S/c1-16(26)17-2-8-20(9-3-17)30(28,29)25-14-12-24(13-15-25)21(27)22(10-11-22)18-4-6-19(23)7-5-18/h2-9H,10-15H2,1H3. The molecule has 1 amide bonds. The van der Waals surface area contributed by atoms with E-state index < -0.39 is 15.4 Å². The minimum absolute atomic E-state index is 0.0167. The van der Waals surface area contributed by atoms with Crippen molar-refractivity contribution in [2.75, 3.05) is 26.2 Å². The van der Waals surface area contributed by atoms with E-state index in [0.717, 1.165) is 18.4 Å². The van der Waals surface area contributed by atoms with Crippen LogP contribution in [-0.4, -0.2) is 55.5 Å². The number of benzene rings is 2. The summed E-state index contributed by atoms with van der Waals surface area (Å²) in [5, 5.41) is 0. The van der Waals surface area contributed by atoms with Crippen molar-refractivity contribution in [2.45, 2.75) is 30.1 Å². The van der Waals surface area contributed by atoms with Gasteiger partial charge in [-0.1, -0.05) is 24.3 Å². The number of piperazine rings is 1. The molecule has 1 heterocycles. The summed E-state index contributed by atoms with van der Waals surface area (Å²) in [6.07, 6.45) is 1.44. The van der Waals surface area contributed by atoms with Crippen LogP contribution in [0.2, 0.25) is 0 Å². The summed E-state index contributed by atoms with van der Waals surface area (Å²) in [6.45, 7) is 2.47. The van der Waals surface area contributed by atoms with Crippen LogP contribution in [0.3, 0.4) is 0 Å². The number of carbonyl (C=O) groups is 2. The highest BCUT2D eigenvalue weighted by atomic mass is 32.2. The molecule has 0 aromatic heterocycles. The molecule has 0 N–H and O–H groups in total. The number of hydrogen-bond acceptors (Lipinski definition) is 4. The Morgan fingerprint density at radius 1 is 0.900 bits per heavy atom. The van der Waals surface area contributed by atoms with Gasteiger partial charge in [0.1, 0.15) is 5.82 Å². The van der Waals surface area contributed by atoms with E-state index >= 15 is 0 Å². The molecule has 0 unspecified atom stereocenters. The normalized spacial score (nSPS) is 18.8. The summed E-state index contributed by atoms with van der Waals surface area (Å²) in [5.41, 5.74) is 0.673. The van der Waals surface area contributed by atoms with Crippen LogP contribution in [0.25, 0.3) is 0 Å². The van der Waals surface area contributed by atoms with Crippen molar-refractivity contribution in [3.8, 4) is 0 Å². The average Bonchev–Trinajstić information content (AvgIpc) is 3.56. The molecule has 0 atom stereocenters. The van der Waals surface area contributed by atoms with E-state index in [9.17, 15) is 22.4 Å². The molecule has 0 spiro atoms. The number of amides is 1. The molecule has 0 bridgehead atoms. The maximum Gasteiger partial charge on any atom is 0.243 e. The second-order valence-electron chi connectivity index (χ2n) is 7.87. The van der Waals surface area contributed by atoms with Crippen molar-refractivity contribution in [3.63, 3.8) is 0 Å². The quantitative estimate of drug-likeness (QED) is 0.684. The van der Waals surface area contributed by atoms with Gasteiger partial charge < -0.3 is 4.90 Å². The van der Waals surface area contributed by atoms with E-state index in [0.29, 0.717) is 18.7 Å². The summed E-state index contributed by atoms with van der Waals surface area (Å²) < 4.78 is 40.4. The highest BCUT2D eigenvalue weighted by Crippen LogP contribution is 2.49. The molecule has 1 aliphatic carbocycles. The third kappa shape index (κ3) is 3.65. The zero-order valence-corrected chi connectivity index (χ0v) is 17.5. The van der Waals surface area contributed by atoms with Gasteiger partial charge in [0.05, 0.1) is 10.3 Å². The van der Waals surface area contributed by atoms with Crippen molar-refractivity contribution in [1.29, 1.82) is 0 Å². The predicted molar refractivity (Wildman–Crippen MR) is 109 cm³/mol. The van der Waals surface area contributed by atoms with Crippen LogP contribution < -0.4 is 0 Å². The molecule has 30 heavy (non-hydrogen) atoms. The van der Waals surface area contributed by atoms with Crippen molar-refractivity contribution < 1.29 is 22.4 Å². The van der Waals surface area contributed by atoms with E-state index in [1.54, 1.807) is 17.0 Å². The number of nitrogens with zero attached hydrogens (tertiary/aromatic N) is 2. The van der Waals surface area contributed by atoms with Gasteiger partial charge >= 0.3 is 0 Å². The third-order valence-electron chi connectivity index (χ3n) is 5.98. The van der Waals surface area contributed by atoms with Gasteiger partial charge in [-0.25, -0.2) is 12.8 Å². The Balaban J connectivity index is 1.44. The summed E-state index contributed by atoms with van der Waals surface area (Å²) in [4.78, 5) is 26.4. The molecular weight excluding hydrogens is 407 g/mol. The molecule has 2 aromatic rings. The van der Waals surface area contributed by atoms with E-state index in [-0.39, 0.29) is 35.5 Å². The molecule has 4 rings (SSSR count). The Kier molecular flexibility index (Phi) is 5.23. The lowest BCUT2D eigenvalue weighted by Gasteiger charge is -2.36. The molecule has 6 nitrogen and oxygen atoms in total. The molecule has 1 saturated carbocycles. The van der Waals surface area contributed by atoms with E-state index in [1.807, 2.05) is 0 Å². The maximum absolute atomic E-state index is 13.2.